The Morgan fingerprint density at radius 3 is 3.24 bits per heavy atom. The highest BCUT2D eigenvalue weighted by atomic mass is 16.5. The molecule has 0 aliphatic carbocycles. The lowest BCUT2D eigenvalue weighted by Crippen LogP contribution is -2.52. The van der Waals surface area contributed by atoms with Gasteiger partial charge in [0, 0.05) is 44.6 Å². The minimum atomic E-state index is -0.325. The Bertz CT molecular complexity index is 709. The first-order chi connectivity index (χ1) is 12.2. The summed E-state index contributed by atoms with van der Waals surface area (Å²) in [5.41, 5.74) is 2.69. The minimum Gasteiger partial charge on any atom is -0.396 e. The molecule has 4 aliphatic rings. The van der Waals surface area contributed by atoms with E-state index in [1.165, 1.54) is 5.56 Å². The Hall–Kier alpha value is -1.63. The van der Waals surface area contributed by atoms with Crippen LogP contribution in [-0.2, 0) is 11.2 Å². The van der Waals surface area contributed by atoms with Crippen molar-refractivity contribution in [1.29, 1.82) is 0 Å². The normalized spacial score (nSPS) is 35.9. The van der Waals surface area contributed by atoms with E-state index in [-0.39, 0.29) is 36.1 Å². The molecular weight excluding hydrogens is 318 g/mol. The fourth-order valence-electron chi connectivity index (χ4n) is 5.31. The molecule has 1 amide bonds. The lowest BCUT2D eigenvalue weighted by Gasteiger charge is -2.34. The van der Waals surface area contributed by atoms with E-state index in [1.54, 1.807) is 0 Å². The zero-order valence-electron chi connectivity index (χ0n) is 14.3. The number of nitrogens with zero attached hydrogens (tertiary/aromatic N) is 1. The summed E-state index contributed by atoms with van der Waals surface area (Å²) in [7, 11) is 0. The van der Waals surface area contributed by atoms with Crippen molar-refractivity contribution in [3.8, 4) is 0 Å². The number of carbonyl (C=O) groups excluding carboxylic acids is 1. The molecule has 6 nitrogen and oxygen atoms in total. The summed E-state index contributed by atoms with van der Waals surface area (Å²) in [5.74, 6) is 0.419. The van der Waals surface area contributed by atoms with Crippen molar-refractivity contribution in [3.05, 3.63) is 29.3 Å². The van der Waals surface area contributed by atoms with Crippen molar-refractivity contribution in [1.82, 2.24) is 10.2 Å². The van der Waals surface area contributed by atoms with Crippen molar-refractivity contribution in [2.45, 2.75) is 24.5 Å². The first kappa shape index (κ1) is 15.6. The fraction of sp³-hybridized carbons (Fsp3) is 0.632. The van der Waals surface area contributed by atoms with Gasteiger partial charge in [0.25, 0.3) is 5.91 Å². The Morgan fingerprint density at radius 1 is 1.44 bits per heavy atom. The van der Waals surface area contributed by atoms with Crippen LogP contribution in [0, 0.1) is 11.8 Å². The van der Waals surface area contributed by atoms with Crippen molar-refractivity contribution in [2.24, 2.45) is 11.8 Å². The summed E-state index contributed by atoms with van der Waals surface area (Å²) >= 11 is 0. The Kier molecular flexibility index (Phi) is 3.55. The highest BCUT2D eigenvalue weighted by Crippen LogP contribution is 2.47. The lowest BCUT2D eigenvalue weighted by atomic mass is 9.83. The van der Waals surface area contributed by atoms with E-state index < -0.39 is 0 Å². The number of aryl methyl sites for hydroxylation is 1. The van der Waals surface area contributed by atoms with Crippen LogP contribution in [0.1, 0.15) is 22.3 Å². The summed E-state index contributed by atoms with van der Waals surface area (Å²) in [6.45, 7) is 3.90. The number of fused-ring (bicyclic) bond motifs is 2. The topological polar surface area (TPSA) is 73.8 Å². The summed E-state index contributed by atoms with van der Waals surface area (Å²) in [5, 5.41) is 16.7. The molecule has 25 heavy (non-hydrogen) atoms. The average Bonchev–Trinajstić information content (AvgIpc) is 3.08. The molecule has 1 aromatic rings. The van der Waals surface area contributed by atoms with Crippen LogP contribution in [0.15, 0.2) is 18.2 Å². The number of likely N-dealkylation sites (tertiary alicyclic amines) is 1. The number of benzene rings is 1. The third kappa shape index (κ3) is 2.24. The molecule has 4 aliphatic heterocycles. The maximum absolute atomic E-state index is 13.3. The number of hydrogen-bond acceptors (Lipinski definition) is 5. The molecule has 3 N–H and O–H groups in total. The summed E-state index contributed by atoms with van der Waals surface area (Å²) in [4.78, 5) is 15.2. The summed E-state index contributed by atoms with van der Waals surface area (Å²) < 4.78 is 6.31. The van der Waals surface area contributed by atoms with Crippen molar-refractivity contribution < 1.29 is 14.6 Å². The standard InChI is InChI=1S/C19H25N3O3/c23-9-14-15-8-22(11-19(15)10-20-7-16(14)25-19)18(24)13-5-1-3-12-4-2-6-21-17(12)13/h1,3,5,14-16,20-21,23H,2,4,6-11H2/t14-,15+,16+,19+/m0/s1. The first-order valence-electron chi connectivity index (χ1n) is 9.36. The molecule has 0 aromatic heterocycles. The molecule has 4 heterocycles. The number of ether oxygens (including phenoxy) is 1. The number of morpholine rings is 1. The van der Waals surface area contributed by atoms with Crippen LogP contribution in [0.4, 0.5) is 5.69 Å². The molecule has 4 atom stereocenters. The van der Waals surface area contributed by atoms with Gasteiger partial charge in [0.05, 0.1) is 23.9 Å². The minimum absolute atomic E-state index is 0.0761. The Labute approximate surface area is 147 Å². The van der Waals surface area contributed by atoms with Crippen LogP contribution in [0.3, 0.4) is 0 Å². The van der Waals surface area contributed by atoms with Crippen molar-refractivity contribution in [3.63, 3.8) is 0 Å². The third-order valence-electron chi connectivity index (χ3n) is 6.51. The van der Waals surface area contributed by atoms with Gasteiger partial charge in [-0.05, 0) is 24.5 Å². The van der Waals surface area contributed by atoms with Crippen molar-refractivity contribution in [2.75, 3.05) is 44.6 Å². The van der Waals surface area contributed by atoms with E-state index in [1.807, 2.05) is 17.0 Å². The molecule has 0 saturated carbocycles. The predicted molar refractivity (Wildman–Crippen MR) is 93.7 cm³/mol. The van der Waals surface area contributed by atoms with Crippen molar-refractivity contribution >= 4 is 11.6 Å². The number of carbonyl (C=O) groups is 1. The van der Waals surface area contributed by atoms with Gasteiger partial charge in [-0.3, -0.25) is 4.79 Å². The number of rotatable bonds is 2. The number of hydrogen-bond donors (Lipinski definition) is 3. The lowest BCUT2D eigenvalue weighted by molar-refractivity contribution is -0.0726. The third-order valence-corrected chi connectivity index (χ3v) is 6.51. The van der Waals surface area contributed by atoms with Gasteiger partial charge in [-0.25, -0.2) is 0 Å². The molecule has 5 rings (SSSR count). The van der Waals surface area contributed by atoms with E-state index in [0.717, 1.165) is 43.7 Å². The smallest absolute Gasteiger partial charge is 0.256 e. The van der Waals surface area contributed by atoms with Gasteiger partial charge < -0.3 is 25.4 Å². The molecule has 2 bridgehead atoms. The van der Waals surface area contributed by atoms with Crippen LogP contribution < -0.4 is 10.6 Å². The maximum Gasteiger partial charge on any atom is 0.256 e. The van der Waals surface area contributed by atoms with Gasteiger partial charge >= 0.3 is 0 Å². The van der Waals surface area contributed by atoms with Crippen LogP contribution >= 0.6 is 0 Å². The largest absolute Gasteiger partial charge is 0.396 e. The van der Waals surface area contributed by atoms with Gasteiger partial charge in [-0.2, -0.15) is 0 Å². The predicted octanol–water partition coefficient (Wildman–Crippen LogP) is 0.466. The molecule has 3 saturated heterocycles. The number of anilines is 1. The molecule has 3 fully saturated rings. The van der Waals surface area contributed by atoms with Gasteiger partial charge in [-0.1, -0.05) is 12.1 Å². The summed E-state index contributed by atoms with van der Waals surface area (Å²) in [6.07, 6.45) is 2.21. The average molecular weight is 343 g/mol. The Balaban J connectivity index is 1.43. The quantitative estimate of drug-likeness (QED) is 0.728. The van der Waals surface area contributed by atoms with Crippen LogP contribution in [0.25, 0.3) is 0 Å². The van der Waals surface area contributed by atoms with E-state index in [4.69, 9.17) is 4.74 Å². The number of para-hydroxylation sites is 1. The van der Waals surface area contributed by atoms with Gasteiger partial charge in [0.2, 0.25) is 0 Å². The van der Waals surface area contributed by atoms with E-state index in [0.29, 0.717) is 13.1 Å². The van der Waals surface area contributed by atoms with Gasteiger partial charge in [0.1, 0.15) is 5.60 Å². The second-order valence-corrected chi connectivity index (χ2v) is 7.86. The van der Waals surface area contributed by atoms with Crippen LogP contribution in [0.2, 0.25) is 0 Å². The molecule has 134 valence electrons. The van der Waals surface area contributed by atoms with E-state index in [9.17, 15) is 9.90 Å². The summed E-state index contributed by atoms with van der Waals surface area (Å²) in [6, 6.07) is 6.02. The second kappa shape index (κ2) is 5.69. The number of aliphatic hydroxyl groups is 1. The number of amides is 1. The number of aliphatic hydroxyl groups excluding tert-OH is 1. The van der Waals surface area contributed by atoms with Gasteiger partial charge in [-0.15, -0.1) is 0 Å². The highest BCUT2D eigenvalue weighted by Gasteiger charge is 2.61. The molecular formula is C19H25N3O3. The fourth-order valence-corrected chi connectivity index (χ4v) is 5.31. The molecule has 1 aromatic carbocycles. The molecule has 0 radical (unpaired) electrons. The monoisotopic (exact) mass is 343 g/mol. The highest BCUT2D eigenvalue weighted by molar-refractivity contribution is 6.00. The first-order valence-corrected chi connectivity index (χ1v) is 9.36. The Morgan fingerprint density at radius 2 is 2.36 bits per heavy atom. The molecule has 1 spiro atoms. The van der Waals surface area contributed by atoms with Crippen LogP contribution in [0.5, 0.6) is 0 Å². The molecule has 0 unspecified atom stereocenters. The molecule has 6 heteroatoms. The SMILES string of the molecule is O=C(c1cccc2c1NCCC2)N1C[C@@H]2[C@H](CO)[C@H]3CNC[C@]2(C1)O3. The van der Waals surface area contributed by atoms with Crippen LogP contribution in [-0.4, -0.2) is 66.9 Å². The number of nitrogens with one attached hydrogen (secondary N) is 2. The zero-order valence-corrected chi connectivity index (χ0v) is 14.3. The van der Waals surface area contributed by atoms with E-state index >= 15 is 0 Å². The maximum atomic E-state index is 13.3. The second-order valence-electron chi connectivity index (χ2n) is 7.86. The zero-order chi connectivity index (χ0) is 17.0. The van der Waals surface area contributed by atoms with E-state index in [2.05, 4.69) is 16.7 Å². The van der Waals surface area contributed by atoms with Gasteiger partial charge in [0.15, 0.2) is 0 Å².